The molecule has 8 heteroatoms. The van der Waals surface area contributed by atoms with Gasteiger partial charge in [0.25, 0.3) is 5.69 Å². The summed E-state index contributed by atoms with van der Waals surface area (Å²) in [6.07, 6.45) is 1.57. The number of benzene rings is 2. The van der Waals surface area contributed by atoms with Crippen molar-refractivity contribution in [3.8, 4) is 11.8 Å². The Kier molecular flexibility index (Phi) is 4.33. The van der Waals surface area contributed by atoms with E-state index in [0.717, 1.165) is 0 Å². The zero-order chi connectivity index (χ0) is 19.7. The number of hydrogen-bond acceptors (Lipinski definition) is 6. The number of H-pyrrole nitrogens is 1. The summed E-state index contributed by atoms with van der Waals surface area (Å²) in [5.74, 6) is -0.276. The molecule has 1 aromatic heterocycles. The third-order valence-electron chi connectivity index (χ3n) is 4.83. The molecular formula is C20H15N5O3. The fraction of sp³-hybridized carbons (Fsp3) is 0.150. The van der Waals surface area contributed by atoms with Gasteiger partial charge in [-0.15, -0.1) is 0 Å². The summed E-state index contributed by atoms with van der Waals surface area (Å²) in [4.78, 5) is 15.8. The number of aliphatic imine (C=N–C) groups is 1. The van der Waals surface area contributed by atoms with E-state index < -0.39 is 16.8 Å². The highest BCUT2D eigenvalue weighted by Gasteiger charge is 2.40. The van der Waals surface area contributed by atoms with Crippen LogP contribution in [0.15, 0.2) is 59.7 Å². The smallest absolute Gasteiger partial charge is 0.273 e. The molecule has 3 aromatic rings. The number of nitrogens with zero attached hydrogens (tertiary/aromatic N) is 4. The predicted molar refractivity (Wildman–Crippen MR) is 102 cm³/mol. The van der Waals surface area contributed by atoms with Crippen LogP contribution in [0.4, 0.5) is 11.5 Å². The van der Waals surface area contributed by atoms with E-state index >= 15 is 0 Å². The highest BCUT2D eigenvalue weighted by Crippen LogP contribution is 2.45. The lowest BCUT2D eigenvalue weighted by Crippen LogP contribution is -2.26. The molecule has 2 unspecified atom stereocenters. The molecule has 0 saturated heterocycles. The van der Waals surface area contributed by atoms with Crippen molar-refractivity contribution >= 4 is 17.2 Å². The zero-order valence-electron chi connectivity index (χ0n) is 14.9. The van der Waals surface area contributed by atoms with Gasteiger partial charge in [0, 0.05) is 28.7 Å². The van der Waals surface area contributed by atoms with Crippen LogP contribution < -0.4 is 4.74 Å². The van der Waals surface area contributed by atoms with Crippen LogP contribution in [-0.4, -0.2) is 27.9 Å². The fourth-order valence-electron chi connectivity index (χ4n) is 3.62. The zero-order valence-corrected chi connectivity index (χ0v) is 14.9. The van der Waals surface area contributed by atoms with Crippen LogP contribution in [-0.2, 0) is 0 Å². The maximum Gasteiger partial charge on any atom is 0.273 e. The number of nitrogens with one attached hydrogen (secondary N) is 1. The topological polar surface area (TPSA) is 117 Å². The minimum atomic E-state index is -0.748. The van der Waals surface area contributed by atoms with Gasteiger partial charge in [-0.1, -0.05) is 30.3 Å². The molecule has 1 aliphatic heterocycles. The Hall–Kier alpha value is -3.99. The van der Waals surface area contributed by atoms with Gasteiger partial charge in [-0.3, -0.25) is 15.2 Å². The Balaban J connectivity index is 1.96. The van der Waals surface area contributed by atoms with Crippen molar-refractivity contribution in [2.75, 3.05) is 7.11 Å². The standard InChI is InChI=1S/C20H15N5O3/c1-28-17-9-5-3-7-13(17)19-14(10-21)18(15-11-22-24-20(15)23-19)12-6-2-4-8-16(12)25(26)27/h2-9,11,14,18H,1H3,(H,22,24). The van der Waals surface area contributed by atoms with Gasteiger partial charge >= 0.3 is 0 Å². The highest BCUT2D eigenvalue weighted by atomic mass is 16.6. The molecule has 1 aliphatic rings. The van der Waals surface area contributed by atoms with E-state index in [4.69, 9.17) is 4.74 Å². The second-order valence-electron chi connectivity index (χ2n) is 6.27. The number of nitro groups is 1. The third-order valence-corrected chi connectivity index (χ3v) is 4.83. The number of nitro benzene ring substituents is 1. The van der Waals surface area contributed by atoms with Crippen molar-refractivity contribution < 1.29 is 9.66 Å². The maximum absolute atomic E-state index is 11.6. The summed E-state index contributed by atoms with van der Waals surface area (Å²) in [6.45, 7) is 0. The Morgan fingerprint density at radius 2 is 1.93 bits per heavy atom. The Bertz CT molecular complexity index is 1130. The predicted octanol–water partition coefficient (Wildman–Crippen LogP) is 3.73. The number of nitriles is 1. The van der Waals surface area contributed by atoms with Gasteiger partial charge in [0.2, 0.25) is 0 Å². The molecule has 2 atom stereocenters. The van der Waals surface area contributed by atoms with Crippen LogP contribution in [0.3, 0.4) is 0 Å². The molecule has 138 valence electrons. The van der Waals surface area contributed by atoms with Crippen LogP contribution in [0.1, 0.15) is 22.6 Å². The van der Waals surface area contributed by atoms with Gasteiger partial charge in [0.1, 0.15) is 11.7 Å². The molecule has 8 nitrogen and oxygen atoms in total. The molecule has 0 saturated carbocycles. The first-order chi connectivity index (χ1) is 13.7. The molecule has 0 fully saturated rings. The molecular weight excluding hydrogens is 358 g/mol. The number of aromatic amines is 1. The molecule has 2 heterocycles. The largest absolute Gasteiger partial charge is 0.496 e. The first-order valence-electron chi connectivity index (χ1n) is 8.54. The number of methoxy groups -OCH3 is 1. The number of aromatic nitrogens is 2. The molecule has 0 aliphatic carbocycles. The van der Waals surface area contributed by atoms with Crippen molar-refractivity contribution in [1.82, 2.24) is 10.2 Å². The first kappa shape index (κ1) is 17.4. The second kappa shape index (κ2) is 6.96. The summed E-state index contributed by atoms with van der Waals surface area (Å²) in [6, 6.07) is 16.0. The summed E-state index contributed by atoms with van der Waals surface area (Å²) >= 11 is 0. The number of hydrogen-bond donors (Lipinski definition) is 1. The summed E-state index contributed by atoms with van der Waals surface area (Å²) in [5, 5.41) is 28.5. The molecule has 0 spiro atoms. The van der Waals surface area contributed by atoms with Crippen molar-refractivity contribution in [3.63, 3.8) is 0 Å². The Labute approximate surface area is 160 Å². The number of rotatable bonds is 4. The van der Waals surface area contributed by atoms with Crippen LogP contribution >= 0.6 is 0 Å². The normalized spacial score (nSPS) is 17.9. The van der Waals surface area contributed by atoms with Crippen molar-refractivity contribution in [3.05, 3.63) is 81.5 Å². The summed E-state index contributed by atoms with van der Waals surface area (Å²) in [5.41, 5.74) is 2.21. The SMILES string of the molecule is COc1ccccc1C1=Nc2[nH]ncc2C(c2ccccc2[N+](=O)[O-])C1C#N. The van der Waals surface area contributed by atoms with Crippen LogP contribution in [0.25, 0.3) is 0 Å². The van der Waals surface area contributed by atoms with Crippen LogP contribution in [0, 0.1) is 27.4 Å². The van der Waals surface area contributed by atoms with E-state index in [-0.39, 0.29) is 5.69 Å². The monoisotopic (exact) mass is 373 g/mol. The lowest BCUT2D eigenvalue weighted by molar-refractivity contribution is -0.385. The highest BCUT2D eigenvalue weighted by molar-refractivity contribution is 6.08. The number of ether oxygens (including phenoxy) is 1. The molecule has 4 rings (SSSR count). The fourth-order valence-corrected chi connectivity index (χ4v) is 3.62. The maximum atomic E-state index is 11.6. The molecule has 0 radical (unpaired) electrons. The van der Waals surface area contributed by atoms with Gasteiger partial charge in [-0.05, 0) is 12.1 Å². The summed E-state index contributed by atoms with van der Waals surface area (Å²) < 4.78 is 5.44. The van der Waals surface area contributed by atoms with E-state index in [0.29, 0.717) is 34.0 Å². The minimum Gasteiger partial charge on any atom is -0.496 e. The van der Waals surface area contributed by atoms with Gasteiger partial charge in [-0.25, -0.2) is 4.99 Å². The summed E-state index contributed by atoms with van der Waals surface area (Å²) in [7, 11) is 1.55. The van der Waals surface area contributed by atoms with Gasteiger partial charge in [-0.2, -0.15) is 10.4 Å². The van der Waals surface area contributed by atoms with Gasteiger partial charge in [0.05, 0.1) is 30.0 Å². The van der Waals surface area contributed by atoms with Gasteiger partial charge in [0.15, 0.2) is 5.82 Å². The van der Waals surface area contributed by atoms with Crippen LogP contribution in [0.5, 0.6) is 5.75 Å². The van der Waals surface area contributed by atoms with Crippen molar-refractivity contribution in [2.24, 2.45) is 10.9 Å². The second-order valence-corrected chi connectivity index (χ2v) is 6.27. The molecule has 0 bridgehead atoms. The number of fused-ring (bicyclic) bond motifs is 1. The van der Waals surface area contributed by atoms with E-state index in [1.54, 1.807) is 37.6 Å². The van der Waals surface area contributed by atoms with E-state index in [1.807, 2.05) is 18.2 Å². The van der Waals surface area contributed by atoms with Gasteiger partial charge < -0.3 is 4.74 Å². The molecule has 28 heavy (non-hydrogen) atoms. The van der Waals surface area contributed by atoms with E-state index in [1.165, 1.54) is 6.07 Å². The third kappa shape index (κ3) is 2.70. The molecule has 1 N–H and O–H groups in total. The average Bonchev–Trinajstić information content (AvgIpc) is 3.20. The lowest BCUT2D eigenvalue weighted by atomic mass is 9.75. The Morgan fingerprint density at radius 1 is 1.18 bits per heavy atom. The van der Waals surface area contributed by atoms with Crippen molar-refractivity contribution in [1.29, 1.82) is 5.26 Å². The van der Waals surface area contributed by atoms with Crippen molar-refractivity contribution in [2.45, 2.75) is 5.92 Å². The van der Waals surface area contributed by atoms with E-state index in [2.05, 4.69) is 21.3 Å². The molecule has 2 aromatic carbocycles. The quantitative estimate of drug-likeness (QED) is 0.552. The molecule has 0 amide bonds. The average molecular weight is 373 g/mol. The first-order valence-corrected chi connectivity index (χ1v) is 8.54. The lowest BCUT2D eigenvalue weighted by Gasteiger charge is -2.27. The van der Waals surface area contributed by atoms with E-state index in [9.17, 15) is 15.4 Å². The number of para-hydroxylation sites is 2. The van der Waals surface area contributed by atoms with Crippen LogP contribution in [0.2, 0.25) is 0 Å². The minimum absolute atomic E-state index is 0.0406. The Morgan fingerprint density at radius 3 is 2.68 bits per heavy atom.